The molecule has 0 aromatic heterocycles. The third-order valence-electron chi connectivity index (χ3n) is 13.8. The van der Waals surface area contributed by atoms with Crippen LogP contribution in [0.4, 0.5) is 0 Å². The van der Waals surface area contributed by atoms with Gasteiger partial charge in [-0.05, 0) is 82.9 Å². The molecule has 1 aromatic rings. The first kappa shape index (κ1) is 42.6. The van der Waals surface area contributed by atoms with Gasteiger partial charge in [-0.3, -0.25) is 4.79 Å². The number of phenolic OH excluding ortho intramolecular Hbond substituents is 1. The van der Waals surface area contributed by atoms with E-state index in [4.69, 9.17) is 49.5 Å². The number of ether oxygens (including phenoxy) is 8. The predicted molar refractivity (Wildman–Crippen MR) is 203 cm³/mol. The highest BCUT2D eigenvalue weighted by atomic mass is 35.5. The Labute approximate surface area is 331 Å². The van der Waals surface area contributed by atoms with E-state index < -0.39 is 47.2 Å². The van der Waals surface area contributed by atoms with Crippen LogP contribution in [0.3, 0.4) is 0 Å². The molecular weight excluding hydrogens is 732 g/mol. The zero-order valence-corrected chi connectivity index (χ0v) is 34.9. The van der Waals surface area contributed by atoms with Crippen molar-refractivity contribution in [3.05, 3.63) is 28.3 Å². The second-order valence-electron chi connectivity index (χ2n) is 17.8. The second-order valence-corrected chi connectivity index (χ2v) is 18.2. The molecule has 1 aromatic carbocycles. The van der Waals surface area contributed by atoms with Gasteiger partial charge in [-0.15, -0.1) is 0 Å². The van der Waals surface area contributed by atoms with Crippen LogP contribution in [-0.4, -0.2) is 108 Å². The third-order valence-corrected chi connectivity index (χ3v) is 14.2. The van der Waals surface area contributed by atoms with Crippen molar-refractivity contribution >= 4 is 23.5 Å². The fourth-order valence-electron chi connectivity index (χ4n) is 10.5. The van der Waals surface area contributed by atoms with E-state index in [1.807, 2.05) is 0 Å². The molecule has 0 amide bonds. The molecule has 0 bridgehead atoms. The summed E-state index contributed by atoms with van der Waals surface area (Å²) in [6, 6.07) is 2.92. The number of methoxy groups -OCH3 is 2. The number of carbonyl (C=O) groups is 2. The number of carboxylic acid groups (broad SMARTS) is 1. The summed E-state index contributed by atoms with van der Waals surface area (Å²) in [6.45, 7) is 16.2. The first-order valence-corrected chi connectivity index (χ1v) is 20.6. The van der Waals surface area contributed by atoms with Gasteiger partial charge in [-0.2, -0.15) is 0 Å². The summed E-state index contributed by atoms with van der Waals surface area (Å²) >= 11 is 6.23. The van der Waals surface area contributed by atoms with Crippen LogP contribution in [0.15, 0.2) is 12.1 Å². The normalized spacial score (nSPS) is 43.8. The van der Waals surface area contributed by atoms with E-state index >= 15 is 0 Å². The van der Waals surface area contributed by atoms with Gasteiger partial charge in [0.15, 0.2) is 5.79 Å². The van der Waals surface area contributed by atoms with Gasteiger partial charge in [-0.1, -0.05) is 39.3 Å². The molecule has 5 heterocycles. The summed E-state index contributed by atoms with van der Waals surface area (Å²) in [4.78, 5) is 24.8. The van der Waals surface area contributed by atoms with Crippen molar-refractivity contribution in [3.8, 4) is 5.75 Å². The molecule has 5 aliphatic heterocycles. The number of benzene rings is 1. The number of carboxylic acids is 1. The standard InChI is InChI=1S/C42H63ClO12/c1-21-15-22(2)31(19-36(45)46)51-30(21)16-27-17-32(48-9)25(5)42(53-27)23(3)20-41(8,55-42)35-13-14-40(7,54-35)38-34(49-10)18-33(52-38)26(6)50-39(47)37-24(4)28(43)11-12-29(37)44/h11-12,21-23,25-27,30-35,38,44H,13-20H2,1-10H3,(H,45,46)/t21-,22+,23+,25+,26-,27+,30-,31-,32+,33+,34-,35?,38?,40-,41-,42+/m0/s1. The number of carbonyl (C=O) groups excluding carboxylic acids is 1. The van der Waals surface area contributed by atoms with E-state index in [1.54, 1.807) is 34.1 Å². The molecule has 5 fully saturated rings. The molecule has 5 aliphatic rings. The lowest BCUT2D eigenvalue weighted by atomic mass is 9.77. The molecule has 0 radical (unpaired) electrons. The highest BCUT2D eigenvalue weighted by Gasteiger charge is 2.65. The van der Waals surface area contributed by atoms with E-state index in [2.05, 4.69) is 41.5 Å². The zero-order valence-electron chi connectivity index (χ0n) is 34.2. The Morgan fingerprint density at radius 3 is 2.33 bits per heavy atom. The molecule has 16 atom stereocenters. The molecule has 5 saturated heterocycles. The number of aliphatic carboxylic acids is 1. The Morgan fingerprint density at radius 2 is 1.65 bits per heavy atom. The Kier molecular flexibility index (Phi) is 12.6. The van der Waals surface area contributed by atoms with Gasteiger partial charge in [0.2, 0.25) is 0 Å². The van der Waals surface area contributed by atoms with Crippen LogP contribution in [-0.2, 0) is 42.7 Å². The van der Waals surface area contributed by atoms with E-state index in [0.717, 1.165) is 19.3 Å². The molecule has 55 heavy (non-hydrogen) atoms. The molecule has 1 spiro atoms. The molecule has 12 nitrogen and oxygen atoms in total. The molecule has 2 N–H and O–H groups in total. The molecule has 310 valence electrons. The number of hydrogen-bond acceptors (Lipinski definition) is 11. The summed E-state index contributed by atoms with van der Waals surface area (Å²) in [5, 5.41) is 20.3. The van der Waals surface area contributed by atoms with Crippen LogP contribution in [0, 0.1) is 30.6 Å². The van der Waals surface area contributed by atoms with Crippen molar-refractivity contribution < 1.29 is 57.7 Å². The van der Waals surface area contributed by atoms with Crippen molar-refractivity contribution in [3.63, 3.8) is 0 Å². The average Bonchev–Trinajstić information content (AvgIpc) is 3.81. The predicted octanol–water partition coefficient (Wildman–Crippen LogP) is 7.26. The van der Waals surface area contributed by atoms with Gasteiger partial charge in [-0.25, -0.2) is 4.79 Å². The number of halogens is 1. The third kappa shape index (κ3) is 8.18. The summed E-state index contributed by atoms with van der Waals surface area (Å²) < 4.78 is 52.3. The van der Waals surface area contributed by atoms with Crippen molar-refractivity contribution in [1.29, 1.82) is 0 Å². The van der Waals surface area contributed by atoms with Crippen LogP contribution in [0.25, 0.3) is 0 Å². The van der Waals surface area contributed by atoms with Gasteiger partial charge < -0.3 is 48.1 Å². The largest absolute Gasteiger partial charge is 0.507 e. The summed E-state index contributed by atoms with van der Waals surface area (Å²) in [7, 11) is 3.41. The highest BCUT2D eigenvalue weighted by molar-refractivity contribution is 6.31. The van der Waals surface area contributed by atoms with Gasteiger partial charge in [0.1, 0.15) is 23.5 Å². The summed E-state index contributed by atoms with van der Waals surface area (Å²) in [6.07, 6.45) is 2.10. The van der Waals surface area contributed by atoms with E-state index in [-0.39, 0.29) is 78.0 Å². The zero-order chi connectivity index (χ0) is 40.2. The van der Waals surface area contributed by atoms with Crippen molar-refractivity contribution in [2.75, 3.05) is 14.2 Å². The Hall–Kier alpha value is -2.03. The maximum Gasteiger partial charge on any atom is 0.342 e. The molecule has 0 aliphatic carbocycles. The SMILES string of the molecule is CO[C@H]1C[C@H]([C@H](C)OC(=O)c2c(O)ccc(Cl)c2C)OC1[C@]1(C)CCC([C@]2(C)C[C@@H](C)[C@@]3(O[C@H](C[C@@H]4O[C@@H](CC(=O)O)[C@H](C)C[C@@H]4C)C[C@@H](OC)[C@H]3C)O2)O1. The quantitative estimate of drug-likeness (QED) is 0.217. The smallest absolute Gasteiger partial charge is 0.342 e. The molecule has 6 rings (SSSR count). The monoisotopic (exact) mass is 794 g/mol. The van der Waals surface area contributed by atoms with Crippen LogP contribution in [0.2, 0.25) is 5.02 Å². The van der Waals surface area contributed by atoms with Crippen molar-refractivity contribution in [1.82, 2.24) is 0 Å². The number of hydrogen-bond donors (Lipinski definition) is 2. The van der Waals surface area contributed by atoms with Crippen LogP contribution in [0.5, 0.6) is 5.75 Å². The maximum atomic E-state index is 13.2. The number of esters is 1. The minimum atomic E-state index is -0.911. The van der Waals surface area contributed by atoms with Crippen molar-refractivity contribution in [2.24, 2.45) is 23.7 Å². The van der Waals surface area contributed by atoms with E-state index in [1.165, 1.54) is 6.07 Å². The van der Waals surface area contributed by atoms with Gasteiger partial charge in [0.05, 0.1) is 60.4 Å². The first-order valence-electron chi connectivity index (χ1n) is 20.2. The lowest BCUT2D eigenvalue weighted by Crippen LogP contribution is -2.58. The Balaban J connectivity index is 1.13. The number of aromatic hydroxyl groups is 1. The lowest BCUT2D eigenvalue weighted by Gasteiger charge is -2.50. The topological polar surface area (TPSA) is 148 Å². The van der Waals surface area contributed by atoms with Crippen LogP contribution >= 0.6 is 11.6 Å². The summed E-state index contributed by atoms with van der Waals surface area (Å²) in [5.41, 5.74) is -0.877. The maximum absolute atomic E-state index is 13.2. The second kappa shape index (κ2) is 16.3. The average molecular weight is 795 g/mol. The lowest BCUT2D eigenvalue weighted by molar-refractivity contribution is -0.353. The molecule has 2 unspecified atom stereocenters. The summed E-state index contributed by atoms with van der Waals surface area (Å²) in [5.74, 6) is -2.20. The van der Waals surface area contributed by atoms with E-state index in [0.29, 0.717) is 36.3 Å². The van der Waals surface area contributed by atoms with Crippen LogP contribution < -0.4 is 0 Å². The Morgan fingerprint density at radius 1 is 0.964 bits per heavy atom. The highest BCUT2D eigenvalue weighted by Crippen LogP contribution is 2.56. The number of rotatable bonds is 11. The van der Waals surface area contributed by atoms with Gasteiger partial charge in [0, 0.05) is 50.3 Å². The minimum Gasteiger partial charge on any atom is -0.507 e. The number of phenols is 1. The van der Waals surface area contributed by atoms with Crippen LogP contribution in [0.1, 0.15) is 116 Å². The van der Waals surface area contributed by atoms with Gasteiger partial charge in [0.25, 0.3) is 0 Å². The van der Waals surface area contributed by atoms with E-state index in [9.17, 15) is 19.8 Å². The van der Waals surface area contributed by atoms with Crippen molar-refractivity contribution in [2.45, 2.75) is 179 Å². The van der Waals surface area contributed by atoms with Gasteiger partial charge >= 0.3 is 11.9 Å². The first-order chi connectivity index (χ1) is 25.8. The Bertz CT molecular complexity index is 1560. The minimum absolute atomic E-state index is 0.00433. The fraction of sp³-hybridized carbons (Fsp3) is 0.810. The fourth-order valence-corrected chi connectivity index (χ4v) is 10.7. The molecule has 0 saturated carbocycles. The molecular formula is C42H63ClO12. The molecule has 13 heteroatoms.